The minimum Gasteiger partial charge on any atom is -0.458 e. The number of carbonyl (C=O) groups excluding carboxylic acids is 1. The maximum absolute atomic E-state index is 11.4. The summed E-state index contributed by atoms with van der Waals surface area (Å²) in [7, 11) is 0. The third-order valence-electron chi connectivity index (χ3n) is 4.28. The number of nitro groups is 1. The minimum atomic E-state index is -0.410. The monoisotopic (exact) mass is 426 g/mol. The molecule has 30 heavy (non-hydrogen) atoms. The maximum atomic E-state index is 11.4. The van der Waals surface area contributed by atoms with Gasteiger partial charge in [-0.2, -0.15) is 0 Å². The smallest absolute Gasteiger partial charge is 0.303 e. The van der Waals surface area contributed by atoms with Crippen molar-refractivity contribution in [3.63, 3.8) is 0 Å². The predicted molar refractivity (Wildman–Crippen MR) is 112 cm³/mol. The highest BCUT2D eigenvalue weighted by Gasteiger charge is 2.22. The van der Waals surface area contributed by atoms with Gasteiger partial charge in [0.25, 0.3) is 5.69 Å². The standard InChI is InChI=1S/C21H22N4O4S/c1-14(2)20-21(30-18-8-4-7-17(10-18)25(27)28)24(12-16-6-5-9-22-11-16)19(23-20)13-29-15(3)26/h4-11,14H,12-13H2,1-3H3. The van der Waals surface area contributed by atoms with E-state index in [0.29, 0.717) is 12.4 Å². The van der Waals surface area contributed by atoms with Gasteiger partial charge in [0.1, 0.15) is 17.5 Å². The third kappa shape index (κ3) is 5.24. The molecular weight excluding hydrogens is 404 g/mol. The van der Waals surface area contributed by atoms with E-state index in [1.165, 1.54) is 24.8 Å². The Kier molecular flexibility index (Phi) is 6.83. The third-order valence-corrected chi connectivity index (χ3v) is 5.40. The van der Waals surface area contributed by atoms with E-state index in [4.69, 9.17) is 9.72 Å². The van der Waals surface area contributed by atoms with Crippen molar-refractivity contribution in [1.29, 1.82) is 0 Å². The number of imidazole rings is 1. The summed E-state index contributed by atoms with van der Waals surface area (Å²) < 4.78 is 7.20. The van der Waals surface area contributed by atoms with Crippen LogP contribution in [0.15, 0.2) is 58.7 Å². The molecule has 0 radical (unpaired) electrons. The van der Waals surface area contributed by atoms with E-state index in [0.717, 1.165) is 21.2 Å². The number of hydrogen-bond donors (Lipinski definition) is 0. The minimum absolute atomic E-state index is 0.0320. The normalized spacial score (nSPS) is 10.9. The summed E-state index contributed by atoms with van der Waals surface area (Å²) in [6.45, 7) is 5.95. The molecule has 0 atom stereocenters. The second-order valence-corrected chi connectivity index (χ2v) is 8.02. The Bertz CT molecular complexity index is 1050. The molecule has 0 unspecified atom stereocenters. The van der Waals surface area contributed by atoms with Gasteiger partial charge in [-0.15, -0.1) is 0 Å². The van der Waals surface area contributed by atoms with Crippen LogP contribution < -0.4 is 0 Å². The first-order chi connectivity index (χ1) is 14.3. The SMILES string of the molecule is CC(=O)OCc1nc(C(C)C)c(Sc2cccc([N+](=O)[O-])c2)n1Cc1cccnc1. The van der Waals surface area contributed by atoms with Gasteiger partial charge < -0.3 is 9.30 Å². The molecule has 0 amide bonds. The van der Waals surface area contributed by atoms with Crippen molar-refractivity contribution in [3.8, 4) is 0 Å². The van der Waals surface area contributed by atoms with Crippen LogP contribution in [0.4, 0.5) is 5.69 Å². The number of carbonyl (C=O) groups is 1. The van der Waals surface area contributed by atoms with Crippen LogP contribution in [-0.2, 0) is 22.7 Å². The van der Waals surface area contributed by atoms with Gasteiger partial charge in [0, 0.05) is 36.3 Å². The molecule has 0 aliphatic carbocycles. The lowest BCUT2D eigenvalue weighted by atomic mass is 10.1. The summed E-state index contributed by atoms with van der Waals surface area (Å²) in [5, 5.41) is 12.0. The second-order valence-electron chi connectivity index (χ2n) is 6.96. The van der Waals surface area contributed by atoms with Gasteiger partial charge in [0.15, 0.2) is 0 Å². The molecule has 0 fully saturated rings. The van der Waals surface area contributed by atoms with Gasteiger partial charge in [-0.3, -0.25) is 19.9 Å². The summed E-state index contributed by atoms with van der Waals surface area (Å²) in [6.07, 6.45) is 3.47. The zero-order valence-corrected chi connectivity index (χ0v) is 17.8. The number of non-ortho nitro benzene ring substituents is 1. The topological polar surface area (TPSA) is 100 Å². The van der Waals surface area contributed by atoms with E-state index in [-0.39, 0.29) is 24.2 Å². The molecule has 0 bridgehead atoms. The molecular formula is C21H22N4O4S. The first kappa shape index (κ1) is 21.5. The Balaban J connectivity index is 2.06. The van der Waals surface area contributed by atoms with E-state index in [9.17, 15) is 14.9 Å². The Morgan fingerprint density at radius 3 is 2.73 bits per heavy atom. The molecule has 0 aliphatic heterocycles. The van der Waals surface area contributed by atoms with Crippen molar-refractivity contribution in [2.24, 2.45) is 0 Å². The lowest BCUT2D eigenvalue weighted by molar-refractivity contribution is -0.385. The zero-order chi connectivity index (χ0) is 21.7. The van der Waals surface area contributed by atoms with E-state index < -0.39 is 4.92 Å². The molecule has 3 aromatic rings. The summed E-state index contributed by atoms with van der Waals surface area (Å²) >= 11 is 1.41. The number of esters is 1. The summed E-state index contributed by atoms with van der Waals surface area (Å²) in [5.41, 5.74) is 1.84. The lowest BCUT2D eigenvalue weighted by Crippen LogP contribution is -2.10. The van der Waals surface area contributed by atoms with Crippen LogP contribution in [0.25, 0.3) is 0 Å². The Hall–Kier alpha value is -3.20. The van der Waals surface area contributed by atoms with Crippen molar-refractivity contribution < 1.29 is 14.5 Å². The number of nitro benzene ring substituents is 1. The van der Waals surface area contributed by atoms with Gasteiger partial charge in [0.2, 0.25) is 0 Å². The van der Waals surface area contributed by atoms with Gasteiger partial charge in [-0.25, -0.2) is 4.98 Å². The molecule has 0 spiro atoms. The van der Waals surface area contributed by atoms with Gasteiger partial charge in [-0.05, 0) is 23.6 Å². The van der Waals surface area contributed by atoms with E-state index in [1.807, 2.05) is 36.6 Å². The quantitative estimate of drug-likeness (QED) is 0.295. The fraction of sp³-hybridized carbons (Fsp3) is 0.286. The van der Waals surface area contributed by atoms with Crippen LogP contribution in [0.3, 0.4) is 0 Å². The van der Waals surface area contributed by atoms with Gasteiger partial charge in [0.05, 0.1) is 17.2 Å². The lowest BCUT2D eigenvalue weighted by Gasteiger charge is -2.13. The summed E-state index contributed by atoms with van der Waals surface area (Å²) in [6, 6.07) is 10.3. The molecule has 0 N–H and O–H groups in total. The Morgan fingerprint density at radius 1 is 1.30 bits per heavy atom. The largest absolute Gasteiger partial charge is 0.458 e. The van der Waals surface area contributed by atoms with Crippen molar-refractivity contribution in [2.75, 3.05) is 0 Å². The highest BCUT2D eigenvalue weighted by molar-refractivity contribution is 7.99. The highest BCUT2D eigenvalue weighted by atomic mass is 32.2. The Morgan fingerprint density at radius 2 is 2.10 bits per heavy atom. The summed E-state index contributed by atoms with van der Waals surface area (Å²) in [4.78, 5) is 31.8. The van der Waals surface area contributed by atoms with Crippen LogP contribution in [0.2, 0.25) is 0 Å². The molecule has 0 saturated carbocycles. The van der Waals surface area contributed by atoms with Crippen molar-refractivity contribution in [2.45, 2.75) is 49.8 Å². The van der Waals surface area contributed by atoms with Crippen LogP contribution in [0.5, 0.6) is 0 Å². The second kappa shape index (κ2) is 9.53. The van der Waals surface area contributed by atoms with Gasteiger partial charge >= 0.3 is 5.97 Å². The molecule has 8 nitrogen and oxygen atoms in total. The molecule has 156 valence electrons. The fourth-order valence-corrected chi connectivity index (χ4v) is 4.09. The van der Waals surface area contributed by atoms with E-state index >= 15 is 0 Å². The number of rotatable bonds is 8. The molecule has 9 heteroatoms. The zero-order valence-electron chi connectivity index (χ0n) is 16.9. The van der Waals surface area contributed by atoms with Crippen molar-refractivity contribution >= 4 is 23.4 Å². The number of pyridine rings is 1. The molecule has 1 aromatic carbocycles. The fourth-order valence-electron chi connectivity index (χ4n) is 2.87. The molecule has 0 aliphatic rings. The van der Waals surface area contributed by atoms with E-state index in [2.05, 4.69) is 4.98 Å². The van der Waals surface area contributed by atoms with Crippen LogP contribution in [-0.4, -0.2) is 25.4 Å². The van der Waals surface area contributed by atoms with Crippen LogP contribution >= 0.6 is 11.8 Å². The Labute approximate surface area is 178 Å². The predicted octanol–water partition coefficient (Wildman–Crippen LogP) is 4.57. The maximum Gasteiger partial charge on any atom is 0.303 e. The van der Waals surface area contributed by atoms with Crippen LogP contribution in [0, 0.1) is 10.1 Å². The number of nitrogens with zero attached hydrogens (tertiary/aromatic N) is 4. The van der Waals surface area contributed by atoms with E-state index in [1.54, 1.807) is 24.5 Å². The van der Waals surface area contributed by atoms with Crippen molar-refractivity contribution in [3.05, 3.63) is 76.0 Å². The number of hydrogen-bond acceptors (Lipinski definition) is 7. The van der Waals surface area contributed by atoms with Crippen LogP contribution in [0.1, 0.15) is 43.8 Å². The highest BCUT2D eigenvalue weighted by Crippen LogP contribution is 2.36. The molecule has 0 saturated heterocycles. The van der Waals surface area contributed by atoms with Crippen molar-refractivity contribution in [1.82, 2.24) is 14.5 Å². The molecule has 2 heterocycles. The number of benzene rings is 1. The summed E-state index contributed by atoms with van der Waals surface area (Å²) in [5.74, 6) is 0.341. The number of aromatic nitrogens is 3. The average molecular weight is 426 g/mol. The first-order valence-corrected chi connectivity index (χ1v) is 10.2. The first-order valence-electron chi connectivity index (χ1n) is 9.39. The average Bonchev–Trinajstić information content (AvgIpc) is 3.05. The molecule has 3 rings (SSSR count). The number of ether oxygens (including phenoxy) is 1. The van der Waals surface area contributed by atoms with Gasteiger partial charge in [-0.1, -0.05) is 37.7 Å². The molecule has 2 aromatic heterocycles.